The van der Waals surface area contributed by atoms with Gasteiger partial charge in [0.05, 0.1) is 12.8 Å². The summed E-state index contributed by atoms with van der Waals surface area (Å²) in [5.74, 6) is 0.228. The molecule has 0 unspecified atom stereocenters. The van der Waals surface area contributed by atoms with Gasteiger partial charge in [-0.3, -0.25) is 19.6 Å². The first-order chi connectivity index (χ1) is 18.3. The van der Waals surface area contributed by atoms with Gasteiger partial charge in [-0.15, -0.1) is 22.8 Å². The van der Waals surface area contributed by atoms with Gasteiger partial charge in [-0.05, 0) is 38.1 Å². The molecule has 2 aromatic rings. The summed E-state index contributed by atoms with van der Waals surface area (Å²) in [7, 11) is 0. The van der Waals surface area contributed by atoms with Crippen LogP contribution in [0.4, 0.5) is 22.7 Å². The second-order valence-electron chi connectivity index (χ2n) is 9.01. The van der Waals surface area contributed by atoms with Crippen molar-refractivity contribution in [2.75, 3.05) is 0 Å². The maximum atomic E-state index is 12.0. The Hall–Kier alpha value is -4.23. The smallest absolute Gasteiger partial charge is 0.659 e. The first-order valence-corrected chi connectivity index (χ1v) is 12.3. The van der Waals surface area contributed by atoms with Crippen LogP contribution in [-0.4, -0.2) is 23.4 Å². The normalized spacial score (nSPS) is 17.6. The van der Waals surface area contributed by atoms with E-state index in [4.69, 9.17) is 30.1 Å². The first kappa shape index (κ1) is 27.8. The van der Waals surface area contributed by atoms with Gasteiger partial charge in [0.1, 0.15) is 11.5 Å². The van der Waals surface area contributed by atoms with Gasteiger partial charge in [-0.1, -0.05) is 50.2 Å². The van der Waals surface area contributed by atoms with Crippen LogP contribution in [0.3, 0.4) is 0 Å². The van der Waals surface area contributed by atoms with Crippen LogP contribution in [0.5, 0.6) is 0 Å². The molecule has 9 heteroatoms. The van der Waals surface area contributed by atoms with Gasteiger partial charge < -0.3 is 20.1 Å². The third kappa shape index (κ3) is 5.94. The minimum absolute atomic E-state index is 0. The van der Waals surface area contributed by atoms with Crippen LogP contribution in [0.15, 0.2) is 105 Å². The average molecular weight is 565 g/mol. The molecule has 0 atom stereocenters. The molecule has 0 radical (unpaired) electrons. The molecule has 39 heavy (non-hydrogen) atoms. The van der Waals surface area contributed by atoms with Crippen molar-refractivity contribution in [1.82, 2.24) is 0 Å². The van der Waals surface area contributed by atoms with Crippen molar-refractivity contribution in [2.24, 2.45) is 9.98 Å². The molecule has 0 spiro atoms. The number of fused-ring (bicyclic) bond motifs is 2. The van der Waals surface area contributed by atoms with Gasteiger partial charge >= 0.3 is 28.4 Å². The van der Waals surface area contributed by atoms with E-state index < -0.39 is 0 Å². The Labute approximate surface area is 237 Å². The van der Waals surface area contributed by atoms with E-state index in [0.717, 1.165) is 0 Å². The summed E-state index contributed by atoms with van der Waals surface area (Å²) in [6, 6.07) is 15.0. The van der Waals surface area contributed by atoms with E-state index in [1.165, 1.54) is 0 Å². The molecular weight excluding hydrogens is 539 g/mol. The van der Waals surface area contributed by atoms with E-state index in [9.17, 15) is 9.59 Å². The quantitative estimate of drug-likeness (QED) is 0.274. The van der Waals surface area contributed by atoms with Crippen LogP contribution in [-0.2, 0) is 35.6 Å². The van der Waals surface area contributed by atoms with Crippen molar-refractivity contribution in [3.8, 4) is 0 Å². The molecule has 3 aliphatic heterocycles. The number of allylic oxidation sites excluding steroid dienone is 4. The largest absolute Gasteiger partial charge is 2.00 e. The van der Waals surface area contributed by atoms with Crippen LogP contribution in [0.25, 0.3) is 10.6 Å². The number of esters is 2. The minimum Gasteiger partial charge on any atom is -0.659 e. The fraction of sp³-hybridized carbons (Fsp3) is 0.200. The molecule has 3 heterocycles. The molecule has 0 amide bonds. The minimum atomic E-state index is -0.321. The predicted molar refractivity (Wildman–Crippen MR) is 147 cm³/mol. The molecule has 0 N–H and O–H groups in total. The Balaban J connectivity index is 0.00000353. The molecule has 8 nitrogen and oxygen atoms in total. The average Bonchev–Trinajstić information content (AvgIpc) is 3.49. The number of carbonyl (C=O) groups is 2. The number of ether oxygens (including phenoxy) is 2. The fourth-order valence-electron chi connectivity index (χ4n) is 4.56. The molecule has 0 fully saturated rings. The van der Waals surface area contributed by atoms with E-state index in [0.29, 0.717) is 68.2 Å². The Morgan fingerprint density at radius 2 is 1.03 bits per heavy atom. The zero-order valence-electron chi connectivity index (χ0n) is 21.9. The van der Waals surface area contributed by atoms with Crippen LogP contribution >= 0.6 is 0 Å². The summed E-state index contributed by atoms with van der Waals surface area (Å²) in [6.07, 6.45) is 3.88. The van der Waals surface area contributed by atoms with E-state index in [1.807, 2.05) is 76.2 Å². The summed E-state index contributed by atoms with van der Waals surface area (Å²) in [5.41, 5.74) is 6.27. The predicted octanol–water partition coefficient (Wildman–Crippen LogP) is 7.80. The zero-order chi connectivity index (χ0) is 26.8. The third-order valence-electron chi connectivity index (χ3n) is 6.21. The van der Waals surface area contributed by atoms with Crippen molar-refractivity contribution in [3.63, 3.8) is 0 Å². The summed E-state index contributed by atoms with van der Waals surface area (Å²) < 4.78 is 11.0. The molecule has 5 rings (SSSR count). The molecule has 0 aromatic heterocycles. The number of benzene rings is 2. The molecule has 3 aliphatic rings. The maximum absolute atomic E-state index is 12.0. The van der Waals surface area contributed by atoms with Crippen molar-refractivity contribution in [2.45, 2.75) is 40.5 Å². The van der Waals surface area contributed by atoms with Crippen LogP contribution < -0.4 is 0 Å². The number of para-hydroxylation sites is 4. The molecular formula is C30H26N4NiO4. The van der Waals surface area contributed by atoms with Crippen LogP contribution in [0.1, 0.15) is 40.5 Å². The number of carbonyl (C=O) groups excluding carboxylic acids is 2. The van der Waals surface area contributed by atoms with Crippen LogP contribution in [0.2, 0.25) is 0 Å². The standard InChI is InChI=1S/C30H26N4O4.Ni/c1-17-29(25-13-15-27(35)37-25)18(2)32-23-11-7-8-12-24(23)34-20(4)30(26-14-16-28(36)38-26)19(3)33-22-10-6-5-9-21(22)31-17;/h5-14H,15-16H2,1-4H3;/q-2;+2. The third-order valence-corrected chi connectivity index (χ3v) is 6.21. The second-order valence-corrected chi connectivity index (χ2v) is 9.01. The van der Waals surface area contributed by atoms with Gasteiger partial charge in [-0.2, -0.15) is 0 Å². The monoisotopic (exact) mass is 564 g/mol. The number of hydrogen-bond acceptors (Lipinski definition) is 6. The van der Waals surface area contributed by atoms with Gasteiger partial charge in [0.25, 0.3) is 0 Å². The number of hydrogen-bond donors (Lipinski definition) is 0. The number of cyclic esters (lactones) is 2. The number of rotatable bonds is 2. The van der Waals surface area contributed by atoms with E-state index in [2.05, 4.69) is 0 Å². The van der Waals surface area contributed by atoms with E-state index in [1.54, 1.807) is 12.2 Å². The fourth-order valence-corrected chi connectivity index (χ4v) is 4.56. The van der Waals surface area contributed by atoms with Gasteiger partial charge in [-0.25, -0.2) is 0 Å². The number of aliphatic imine (C=N–C) groups is 2. The Morgan fingerprint density at radius 1 is 0.641 bits per heavy atom. The van der Waals surface area contributed by atoms with Crippen molar-refractivity contribution >= 4 is 46.1 Å². The molecule has 2 aromatic carbocycles. The summed E-state index contributed by atoms with van der Waals surface area (Å²) in [5, 5.41) is 9.79. The number of nitrogens with zero attached hydrogens (tertiary/aromatic N) is 4. The maximum Gasteiger partial charge on any atom is 2.00 e. The second kappa shape index (κ2) is 11.7. The summed E-state index contributed by atoms with van der Waals surface area (Å²) in [6.45, 7) is 7.43. The van der Waals surface area contributed by atoms with Gasteiger partial charge in [0.15, 0.2) is 0 Å². The van der Waals surface area contributed by atoms with Gasteiger partial charge in [0.2, 0.25) is 0 Å². The first-order valence-electron chi connectivity index (χ1n) is 12.3. The van der Waals surface area contributed by atoms with Crippen molar-refractivity contribution < 1.29 is 35.6 Å². The molecule has 0 saturated carbocycles. The molecule has 0 saturated heterocycles. The van der Waals surface area contributed by atoms with E-state index in [-0.39, 0.29) is 41.3 Å². The summed E-state index contributed by atoms with van der Waals surface area (Å²) in [4.78, 5) is 33.7. The van der Waals surface area contributed by atoms with Crippen molar-refractivity contribution in [1.29, 1.82) is 0 Å². The summed E-state index contributed by atoms with van der Waals surface area (Å²) >= 11 is 0. The molecule has 0 aliphatic carbocycles. The van der Waals surface area contributed by atoms with Crippen molar-refractivity contribution in [3.05, 3.63) is 105 Å². The Bertz CT molecular complexity index is 1430. The Kier molecular flexibility index (Phi) is 8.31. The molecule has 0 bridgehead atoms. The zero-order valence-corrected chi connectivity index (χ0v) is 22.9. The SMILES string of the molecule is CC1=Nc2ccccc2[N-]C(C)=C(C2=CCC(=O)O2)C(C)=Nc2ccccc2[N-]C(C)=C1C1=CCC(=O)O1.[Ni+2]. The molecule has 200 valence electrons. The van der Waals surface area contributed by atoms with Gasteiger partial charge in [0, 0.05) is 33.9 Å². The van der Waals surface area contributed by atoms with E-state index >= 15 is 0 Å². The Morgan fingerprint density at radius 3 is 1.38 bits per heavy atom. The van der Waals surface area contributed by atoms with Crippen LogP contribution in [0, 0.1) is 0 Å². The topological polar surface area (TPSA) is 106 Å².